The molecule has 1 heterocycles. The number of furan rings is 1. The summed E-state index contributed by atoms with van der Waals surface area (Å²) in [6.45, 7) is 4.23. The number of carbonyl (C=O) groups excluding carboxylic acids is 1. The highest BCUT2D eigenvalue weighted by molar-refractivity contribution is 5.82. The van der Waals surface area contributed by atoms with Gasteiger partial charge in [0.1, 0.15) is 11.5 Å². The number of fused-ring (bicyclic) bond motifs is 1. The maximum atomic E-state index is 12.8. The Morgan fingerprint density at radius 2 is 1.95 bits per heavy atom. The summed E-state index contributed by atoms with van der Waals surface area (Å²) in [4.78, 5) is 16.9. The van der Waals surface area contributed by atoms with Crippen molar-refractivity contribution in [3.8, 4) is 0 Å². The summed E-state index contributed by atoms with van der Waals surface area (Å²) in [5.74, 6) is 3.81. The Morgan fingerprint density at radius 3 is 2.52 bits per heavy atom. The van der Waals surface area contributed by atoms with Gasteiger partial charge in [0.05, 0.1) is 6.54 Å². The Kier molecular flexibility index (Phi) is 4.07. The van der Waals surface area contributed by atoms with E-state index in [9.17, 15) is 4.79 Å². The number of aryl methyl sites for hydroxylation is 1. The van der Waals surface area contributed by atoms with Crippen LogP contribution in [0.2, 0.25) is 0 Å². The first kappa shape index (κ1) is 14.6. The zero-order valence-corrected chi connectivity index (χ0v) is 13.3. The van der Waals surface area contributed by atoms with Gasteiger partial charge >= 0.3 is 0 Å². The molecule has 0 saturated heterocycles. The summed E-state index contributed by atoms with van der Waals surface area (Å²) >= 11 is 0. The molecule has 0 unspecified atom stereocenters. The zero-order valence-electron chi connectivity index (χ0n) is 13.3. The first-order valence-electron chi connectivity index (χ1n) is 8.05. The molecule has 0 radical (unpaired) electrons. The molecule has 21 heavy (non-hydrogen) atoms. The van der Waals surface area contributed by atoms with Gasteiger partial charge in [-0.25, -0.2) is 0 Å². The van der Waals surface area contributed by atoms with Crippen molar-refractivity contribution in [3.63, 3.8) is 0 Å². The molecule has 2 saturated carbocycles. The average molecular weight is 290 g/mol. The number of hydrogen-bond donors (Lipinski definition) is 0. The van der Waals surface area contributed by atoms with Crippen LogP contribution in [-0.2, 0) is 11.3 Å². The average Bonchev–Trinajstić information content (AvgIpc) is 2.79. The highest BCUT2D eigenvalue weighted by Crippen LogP contribution is 2.58. The monoisotopic (exact) mass is 290 g/mol. The van der Waals surface area contributed by atoms with Crippen LogP contribution in [0, 0.1) is 24.7 Å². The first-order valence-corrected chi connectivity index (χ1v) is 8.05. The van der Waals surface area contributed by atoms with E-state index >= 15 is 0 Å². The van der Waals surface area contributed by atoms with Crippen molar-refractivity contribution >= 4 is 5.91 Å². The summed E-state index contributed by atoms with van der Waals surface area (Å²) in [5.41, 5.74) is 0. The molecule has 0 aliphatic heterocycles. The summed E-state index contributed by atoms with van der Waals surface area (Å²) in [6.07, 6.45) is 3.82. The van der Waals surface area contributed by atoms with Crippen molar-refractivity contribution in [1.29, 1.82) is 0 Å². The molecule has 4 heteroatoms. The van der Waals surface area contributed by atoms with Crippen LogP contribution in [0.25, 0.3) is 0 Å². The minimum absolute atomic E-state index is 0.303. The summed E-state index contributed by atoms with van der Waals surface area (Å²) < 4.78 is 5.66. The number of hydrogen-bond acceptors (Lipinski definition) is 3. The minimum Gasteiger partial charge on any atom is -0.464 e. The maximum absolute atomic E-state index is 12.8. The van der Waals surface area contributed by atoms with Crippen LogP contribution in [-0.4, -0.2) is 42.9 Å². The van der Waals surface area contributed by atoms with Gasteiger partial charge in [0, 0.05) is 19.0 Å². The van der Waals surface area contributed by atoms with E-state index in [1.807, 2.05) is 38.1 Å². The lowest BCUT2D eigenvalue weighted by molar-refractivity contribution is -0.134. The quantitative estimate of drug-likeness (QED) is 0.808. The molecule has 0 bridgehead atoms. The van der Waals surface area contributed by atoms with Gasteiger partial charge in [0.15, 0.2) is 0 Å². The molecule has 116 valence electrons. The van der Waals surface area contributed by atoms with Crippen LogP contribution in [0.4, 0.5) is 0 Å². The van der Waals surface area contributed by atoms with Crippen LogP contribution < -0.4 is 0 Å². The Morgan fingerprint density at radius 1 is 1.24 bits per heavy atom. The predicted molar refractivity (Wildman–Crippen MR) is 81.7 cm³/mol. The molecule has 0 spiro atoms. The number of likely N-dealkylation sites (N-methyl/N-ethyl adjacent to an activating group) is 1. The highest BCUT2D eigenvalue weighted by atomic mass is 16.3. The second-order valence-electron chi connectivity index (χ2n) is 6.86. The van der Waals surface area contributed by atoms with Crippen molar-refractivity contribution in [1.82, 2.24) is 9.80 Å². The van der Waals surface area contributed by atoms with E-state index in [2.05, 4.69) is 4.90 Å². The van der Waals surface area contributed by atoms with E-state index in [1.54, 1.807) is 0 Å². The number of carbonyl (C=O) groups is 1. The van der Waals surface area contributed by atoms with Crippen LogP contribution in [0.3, 0.4) is 0 Å². The second kappa shape index (κ2) is 5.84. The van der Waals surface area contributed by atoms with E-state index in [1.165, 1.54) is 19.3 Å². The molecular weight excluding hydrogens is 264 g/mol. The number of rotatable bonds is 6. The molecule has 2 aliphatic carbocycles. The molecule has 2 fully saturated rings. The number of nitrogens with zero attached hydrogens (tertiary/aromatic N) is 2. The molecule has 1 aromatic heterocycles. The largest absolute Gasteiger partial charge is 0.464 e. The Labute approximate surface area is 127 Å². The van der Waals surface area contributed by atoms with E-state index in [-0.39, 0.29) is 0 Å². The summed E-state index contributed by atoms with van der Waals surface area (Å²) in [5, 5.41) is 0. The topological polar surface area (TPSA) is 36.7 Å². The lowest BCUT2D eigenvalue weighted by atomic mass is 10.1. The molecule has 0 N–H and O–H groups in total. The fourth-order valence-corrected chi connectivity index (χ4v) is 3.74. The van der Waals surface area contributed by atoms with Gasteiger partial charge in [-0.2, -0.15) is 0 Å². The SMILES string of the molecule is Cc1ccc(CN(CCN(C)C)C(=O)C2[C@H]3CCC[C@H]23)o1. The third-order valence-electron chi connectivity index (χ3n) is 4.96. The van der Waals surface area contributed by atoms with Gasteiger partial charge in [0.2, 0.25) is 5.91 Å². The summed E-state index contributed by atoms with van der Waals surface area (Å²) in [6, 6.07) is 3.95. The van der Waals surface area contributed by atoms with Crippen molar-refractivity contribution < 1.29 is 9.21 Å². The van der Waals surface area contributed by atoms with Gasteiger partial charge in [0.25, 0.3) is 0 Å². The lowest BCUT2D eigenvalue weighted by Gasteiger charge is -2.24. The van der Waals surface area contributed by atoms with Crippen LogP contribution >= 0.6 is 0 Å². The van der Waals surface area contributed by atoms with Gasteiger partial charge < -0.3 is 14.2 Å². The number of amides is 1. The molecular formula is C17H26N2O2. The van der Waals surface area contributed by atoms with Crippen LogP contribution in [0.15, 0.2) is 16.5 Å². The smallest absolute Gasteiger partial charge is 0.226 e. The molecule has 4 nitrogen and oxygen atoms in total. The van der Waals surface area contributed by atoms with Gasteiger partial charge in [-0.1, -0.05) is 6.42 Å². The Balaban J connectivity index is 1.65. The maximum Gasteiger partial charge on any atom is 0.226 e. The van der Waals surface area contributed by atoms with E-state index in [0.29, 0.717) is 30.2 Å². The van der Waals surface area contributed by atoms with Crippen LogP contribution in [0.5, 0.6) is 0 Å². The first-order chi connectivity index (χ1) is 10.1. The van der Waals surface area contributed by atoms with Crippen molar-refractivity contribution in [2.24, 2.45) is 17.8 Å². The minimum atomic E-state index is 0.303. The van der Waals surface area contributed by atoms with Crippen molar-refractivity contribution in [3.05, 3.63) is 23.7 Å². The molecule has 0 aromatic carbocycles. The molecule has 1 amide bonds. The Hall–Kier alpha value is -1.29. The normalized spacial score (nSPS) is 27.0. The van der Waals surface area contributed by atoms with Gasteiger partial charge in [-0.3, -0.25) is 4.79 Å². The van der Waals surface area contributed by atoms with Gasteiger partial charge in [-0.15, -0.1) is 0 Å². The molecule has 1 aromatic rings. The van der Waals surface area contributed by atoms with E-state index in [4.69, 9.17) is 4.42 Å². The third kappa shape index (κ3) is 3.15. The fourth-order valence-electron chi connectivity index (χ4n) is 3.74. The molecule has 2 aliphatic rings. The van der Waals surface area contributed by atoms with Gasteiger partial charge in [-0.05, 0) is 57.8 Å². The van der Waals surface area contributed by atoms with E-state index < -0.39 is 0 Å². The summed E-state index contributed by atoms with van der Waals surface area (Å²) in [7, 11) is 4.09. The fraction of sp³-hybridized carbons (Fsp3) is 0.706. The van der Waals surface area contributed by atoms with Crippen LogP contribution in [0.1, 0.15) is 30.8 Å². The van der Waals surface area contributed by atoms with E-state index in [0.717, 1.165) is 24.6 Å². The van der Waals surface area contributed by atoms with Crippen molar-refractivity contribution in [2.75, 3.05) is 27.2 Å². The predicted octanol–water partition coefficient (Wildman–Crippen LogP) is 2.52. The highest BCUT2D eigenvalue weighted by Gasteiger charge is 2.57. The zero-order chi connectivity index (χ0) is 15.0. The lowest BCUT2D eigenvalue weighted by Crippen LogP contribution is -2.37. The third-order valence-corrected chi connectivity index (χ3v) is 4.96. The Bertz CT molecular complexity index is 499. The van der Waals surface area contributed by atoms with Crippen molar-refractivity contribution in [2.45, 2.75) is 32.7 Å². The molecule has 3 rings (SSSR count). The second-order valence-corrected chi connectivity index (χ2v) is 6.86. The molecule has 2 atom stereocenters. The standard InChI is InChI=1S/C17H26N2O2/c1-12-7-8-13(21-12)11-19(10-9-18(2)3)17(20)16-14-5-4-6-15(14)16/h7-8,14-16H,4-6,9-11H2,1-3H3/t14-,15-/m0/s1.